The van der Waals surface area contributed by atoms with Gasteiger partial charge in [-0.05, 0) is 62.0 Å². The molecule has 0 aliphatic carbocycles. The van der Waals surface area contributed by atoms with Gasteiger partial charge in [0.15, 0.2) is 5.78 Å². The van der Waals surface area contributed by atoms with Crippen LogP contribution < -0.4 is 21.1 Å². The largest absolute Gasteiger partial charge is 0.494 e. The van der Waals surface area contributed by atoms with E-state index in [9.17, 15) is 14.4 Å². The Labute approximate surface area is 222 Å². The number of primary amides is 1. The van der Waals surface area contributed by atoms with Gasteiger partial charge in [0, 0.05) is 46.4 Å². The van der Waals surface area contributed by atoms with Crippen LogP contribution in [0.2, 0.25) is 0 Å². The highest BCUT2D eigenvalue weighted by molar-refractivity contribution is 6.32. The first-order valence-corrected chi connectivity index (χ1v) is 12.7. The maximum atomic E-state index is 13.0. The van der Waals surface area contributed by atoms with Gasteiger partial charge in [-0.1, -0.05) is 38.1 Å². The number of ketones is 1. The van der Waals surface area contributed by atoms with Gasteiger partial charge < -0.3 is 26.0 Å². The number of carbonyl (C=O) groups is 3. The lowest BCUT2D eigenvalue weighted by Crippen LogP contribution is -2.25. The fraction of sp³-hybridized carbons (Fsp3) is 0.233. The summed E-state index contributed by atoms with van der Waals surface area (Å²) in [5.41, 5.74) is 8.85. The molecule has 8 heteroatoms. The molecule has 0 spiro atoms. The lowest BCUT2D eigenvalue weighted by Gasteiger charge is -2.17. The summed E-state index contributed by atoms with van der Waals surface area (Å²) in [5, 5.41) is 5.98. The van der Waals surface area contributed by atoms with E-state index in [0.717, 1.165) is 37.5 Å². The zero-order valence-corrected chi connectivity index (χ0v) is 21.6. The van der Waals surface area contributed by atoms with Crippen molar-refractivity contribution in [2.75, 3.05) is 36.9 Å². The summed E-state index contributed by atoms with van der Waals surface area (Å²) in [4.78, 5) is 39.4. The second-order valence-electron chi connectivity index (χ2n) is 8.94. The average molecular weight is 513 g/mol. The predicted molar refractivity (Wildman–Crippen MR) is 149 cm³/mol. The highest BCUT2D eigenvalue weighted by atomic mass is 16.5. The number of ether oxygens (including phenoxy) is 1. The van der Waals surface area contributed by atoms with Gasteiger partial charge >= 0.3 is 0 Å². The van der Waals surface area contributed by atoms with E-state index in [1.54, 1.807) is 42.6 Å². The Kier molecular flexibility index (Phi) is 8.55. The summed E-state index contributed by atoms with van der Waals surface area (Å²) in [5.74, 6) is -0.335. The van der Waals surface area contributed by atoms with E-state index in [1.165, 1.54) is 6.07 Å². The second-order valence-corrected chi connectivity index (χ2v) is 8.94. The van der Waals surface area contributed by atoms with Crippen LogP contribution in [0.1, 0.15) is 52.1 Å². The van der Waals surface area contributed by atoms with E-state index >= 15 is 0 Å². The Bertz CT molecular complexity index is 1360. The van der Waals surface area contributed by atoms with E-state index in [2.05, 4.69) is 29.4 Å². The van der Waals surface area contributed by atoms with Crippen LogP contribution in [0.15, 0.2) is 72.9 Å². The van der Waals surface area contributed by atoms with Crippen LogP contribution >= 0.6 is 0 Å². The first kappa shape index (κ1) is 26.6. The first-order valence-electron chi connectivity index (χ1n) is 12.7. The SMILES string of the molecule is CCN(CC)CCCOc1ccc(NC=C2C(=O)Nc3cc(C(=O)c4cccc(C(N)=O)c4)ccc32)cc1. The van der Waals surface area contributed by atoms with Gasteiger partial charge in [0.05, 0.1) is 12.2 Å². The van der Waals surface area contributed by atoms with E-state index in [-0.39, 0.29) is 17.3 Å². The second kappa shape index (κ2) is 12.2. The standard InChI is InChI=1S/C30H32N4O4/c1-3-34(4-2)15-6-16-38-24-12-10-23(11-13-24)32-19-26-25-14-9-21(18-27(25)33-30(26)37)28(35)20-7-5-8-22(17-20)29(31)36/h5,7-14,17-19,32H,3-4,6,15-16H2,1-2H3,(H2,31,36)(H,33,37). The van der Waals surface area contributed by atoms with Crippen molar-refractivity contribution in [2.45, 2.75) is 20.3 Å². The summed E-state index contributed by atoms with van der Waals surface area (Å²) in [6, 6.07) is 18.9. The van der Waals surface area contributed by atoms with Crippen LogP contribution in [0.5, 0.6) is 5.75 Å². The minimum atomic E-state index is -0.601. The number of carbonyl (C=O) groups excluding carboxylic acids is 3. The number of anilines is 2. The Balaban J connectivity index is 1.39. The number of hydrogen-bond acceptors (Lipinski definition) is 6. The third kappa shape index (κ3) is 6.27. The molecule has 0 unspecified atom stereocenters. The van der Waals surface area contributed by atoms with Crippen molar-refractivity contribution < 1.29 is 19.1 Å². The molecule has 4 N–H and O–H groups in total. The van der Waals surface area contributed by atoms with Crippen molar-refractivity contribution in [3.63, 3.8) is 0 Å². The molecule has 1 heterocycles. The lowest BCUT2D eigenvalue weighted by molar-refractivity contribution is -0.110. The molecule has 38 heavy (non-hydrogen) atoms. The van der Waals surface area contributed by atoms with Crippen LogP contribution in [0.3, 0.4) is 0 Å². The highest BCUT2D eigenvalue weighted by Gasteiger charge is 2.25. The molecule has 0 aromatic heterocycles. The van der Waals surface area contributed by atoms with E-state index < -0.39 is 5.91 Å². The minimum Gasteiger partial charge on any atom is -0.494 e. The number of benzene rings is 3. The van der Waals surface area contributed by atoms with E-state index in [0.29, 0.717) is 34.6 Å². The molecule has 0 radical (unpaired) electrons. The van der Waals surface area contributed by atoms with Crippen molar-refractivity contribution in [2.24, 2.45) is 5.73 Å². The lowest BCUT2D eigenvalue weighted by atomic mass is 9.98. The zero-order valence-electron chi connectivity index (χ0n) is 21.6. The molecular formula is C30H32N4O4. The number of nitrogens with one attached hydrogen (secondary N) is 2. The van der Waals surface area contributed by atoms with E-state index in [4.69, 9.17) is 10.5 Å². The Morgan fingerprint density at radius 1 is 0.974 bits per heavy atom. The molecule has 0 bridgehead atoms. The number of nitrogens with zero attached hydrogens (tertiary/aromatic N) is 1. The molecule has 1 aliphatic rings. The fourth-order valence-corrected chi connectivity index (χ4v) is 4.28. The Hall–Kier alpha value is -4.43. The topological polar surface area (TPSA) is 114 Å². The fourth-order valence-electron chi connectivity index (χ4n) is 4.28. The molecule has 0 saturated heterocycles. The van der Waals surface area contributed by atoms with Gasteiger partial charge in [-0.15, -0.1) is 0 Å². The molecule has 0 saturated carbocycles. The maximum Gasteiger partial charge on any atom is 0.257 e. The first-order chi connectivity index (χ1) is 18.4. The van der Waals surface area contributed by atoms with Crippen LogP contribution in [-0.4, -0.2) is 48.7 Å². The number of rotatable bonds is 12. The van der Waals surface area contributed by atoms with Crippen molar-refractivity contribution >= 4 is 34.5 Å². The van der Waals surface area contributed by atoms with Gasteiger partial charge in [0.2, 0.25) is 5.91 Å². The van der Waals surface area contributed by atoms with Gasteiger partial charge in [-0.2, -0.15) is 0 Å². The average Bonchev–Trinajstić information content (AvgIpc) is 3.26. The molecule has 1 aliphatic heterocycles. The molecule has 8 nitrogen and oxygen atoms in total. The van der Waals surface area contributed by atoms with Crippen LogP contribution in [0.25, 0.3) is 5.57 Å². The minimum absolute atomic E-state index is 0.261. The maximum absolute atomic E-state index is 13.0. The summed E-state index contributed by atoms with van der Waals surface area (Å²) in [7, 11) is 0. The number of nitrogens with two attached hydrogens (primary N) is 1. The van der Waals surface area contributed by atoms with Crippen molar-refractivity contribution in [1.82, 2.24) is 4.90 Å². The number of fused-ring (bicyclic) bond motifs is 1. The Morgan fingerprint density at radius 3 is 2.39 bits per heavy atom. The molecule has 0 atom stereocenters. The van der Waals surface area contributed by atoms with Crippen LogP contribution in [-0.2, 0) is 4.79 Å². The number of hydrogen-bond donors (Lipinski definition) is 3. The van der Waals surface area contributed by atoms with Crippen LogP contribution in [0, 0.1) is 0 Å². The summed E-state index contributed by atoms with van der Waals surface area (Å²) in [6.45, 7) is 8.08. The molecule has 3 aromatic rings. The zero-order chi connectivity index (χ0) is 27.1. The van der Waals surface area contributed by atoms with Gasteiger partial charge in [-0.25, -0.2) is 0 Å². The monoisotopic (exact) mass is 512 g/mol. The predicted octanol–water partition coefficient (Wildman–Crippen LogP) is 4.53. The quantitative estimate of drug-likeness (QED) is 0.187. The highest BCUT2D eigenvalue weighted by Crippen LogP contribution is 2.33. The summed E-state index contributed by atoms with van der Waals surface area (Å²) < 4.78 is 5.84. The smallest absolute Gasteiger partial charge is 0.257 e. The van der Waals surface area contributed by atoms with Crippen molar-refractivity contribution in [3.8, 4) is 5.75 Å². The van der Waals surface area contributed by atoms with Crippen molar-refractivity contribution in [3.05, 3.63) is 95.2 Å². The molecular weight excluding hydrogens is 480 g/mol. The molecule has 4 rings (SSSR count). The molecule has 196 valence electrons. The summed E-state index contributed by atoms with van der Waals surface area (Å²) >= 11 is 0. The third-order valence-electron chi connectivity index (χ3n) is 6.49. The number of amides is 2. The Morgan fingerprint density at radius 2 is 1.68 bits per heavy atom. The van der Waals surface area contributed by atoms with Gasteiger partial charge in [0.25, 0.3) is 5.91 Å². The van der Waals surface area contributed by atoms with Crippen LogP contribution in [0.4, 0.5) is 11.4 Å². The third-order valence-corrected chi connectivity index (χ3v) is 6.49. The van der Waals surface area contributed by atoms with E-state index in [1.807, 2.05) is 24.3 Å². The van der Waals surface area contributed by atoms with Gasteiger partial charge in [-0.3, -0.25) is 14.4 Å². The molecule has 0 fully saturated rings. The molecule has 2 amide bonds. The van der Waals surface area contributed by atoms with Crippen molar-refractivity contribution in [1.29, 1.82) is 0 Å². The normalized spacial score (nSPS) is 13.3. The summed E-state index contributed by atoms with van der Waals surface area (Å²) in [6.07, 6.45) is 2.62. The van der Waals surface area contributed by atoms with Gasteiger partial charge in [0.1, 0.15) is 5.75 Å². The molecule has 3 aromatic carbocycles.